The molecule has 0 N–H and O–H groups in total. The smallest absolute Gasteiger partial charge is 0.150 e. The summed E-state index contributed by atoms with van der Waals surface area (Å²) in [6, 6.07) is 17.0. The lowest BCUT2D eigenvalue weighted by Crippen LogP contribution is -2.35. The van der Waals surface area contributed by atoms with Crippen molar-refractivity contribution in [2.75, 3.05) is 0 Å². The molecule has 1 heteroatoms. The number of rotatable bonds is 3. The largest absolute Gasteiger partial charge is 0.298 e. The van der Waals surface area contributed by atoms with E-state index >= 15 is 0 Å². The molecule has 0 heterocycles. The maximum Gasteiger partial charge on any atom is 0.150 e. The molecule has 19 heavy (non-hydrogen) atoms. The van der Waals surface area contributed by atoms with Gasteiger partial charge in [-0.3, -0.25) is 4.79 Å². The molecule has 1 aliphatic carbocycles. The first-order valence-electron chi connectivity index (χ1n) is 6.87. The van der Waals surface area contributed by atoms with E-state index in [1.165, 1.54) is 36.0 Å². The average molecular weight is 250 g/mol. The van der Waals surface area contributed by atoms with Crippen molar-refractivity contribution in [1.29, 1.82) is 0 Å². The normalized spacial score (nSPS) is 16.7. The number of hydrogen-bond donors (Lipinski definition) is 0. The maximum atomic E-state index is 10.8. The van der Waals surface area contributed by atoms with E-state index in [0.29, 0.717) is 0 Å². The van der Waals surface area contributed by atoms with Crippen molar-refractivity contribution in [3.63, 3.8) is 0 Å². The lowest BCUT2D eigenvalue weighted by Gasteiger charge is -2.43. The number of aryl methyl sites for hydroxylation is 1. The quantitative estimate of drug-likeness (QED) is 0.743. The molecular formula is C18H18O. The van der Waals surface area contributed by atoms with Crippen molar-refractivity contribution in [2.45, 2.75) is 31.6 Å². The van der Waals surface area contributed by atoms with Crippen molar-refractivity contribution in [2.24, 2.45) is 0 Å². The van der Waals surface area contributed by atoms with Gasteiger partial charge in [0.25, 0.3) is 0 Å². The van der Waals surface area contributed by atoms with Crippen molar-refractivity contribution < 1.29 is 4.79 Å². The fourth-order valence-electron chi connectivity index (χ4n) is 3.03. The molecule has 1 saturated carbocycles. The van der Waals surface area contributed by atoms with Gasteiger partial charge in [0.05, 0.1) is 0 Å². The minimum atomic E-state index is 0.176. The van der Waals surface area contributed by atoms with E-state index in [4.69, 9.17) is 0 Å². The van der Waals surface area contributed by atoms with E-state index < -0.39 is 0 Å². The topological polar surface area (TPSA) is 17.1 Å². The number of hydrogen-bond acceptors (Lipinski definition) is 1. The van der Waals surface area contributed by atoms with Crippen LogP contribution in [0, 0.1) is 6.92 Å². The Morgan fingerprint density at radius 2 is 1.42 bits per heavy atom. The summed E-state index contributed by atoms with van der Waals surface area (Å²) in [6.07, 6.45) is 4.60. The Balaban J connectivity index is 2.02. The summed E-state index contributed by atoms with van der Waals surface area (Å²) in [5, 5.41) is 0. The lowest BCUT2D eigenvalue weighted by molar-refractivity contribution is 0.112. The highest BCUT2D eigenvalue weighted by molar-refractivity contribution is 5.74. The van der Waals surface area contributed by atoms with Gasteiger partial charge in [-0.25, -0.2) is 0 Å². The van der Waals surface area contributed by atoms with Gasteiger partial charge in [0, 0.05) is 11.0 Å². The van der Waals surface area contributed by atoms with Gasteiger partial charge in [0.2, 0.25) is 0 Å². The molecule has 2 aromatic carbocycles. The van der Waals surface area contributed by atoms with Crippen LogP contribution in [-0.2, 0) is 5.41 Å². The molecule has 0 spiro atoms. The van der Waals surface area contributed by atoms with Crippen LogP contribution in [0.4, 0.5) is 0 Å². The Morgan fingerprint density at radius 3 is 1.84 bits per heavy atom. The molecule has 0 saturated heterocycles. The van der Waals surface area contributed by atoms with Crippen LogP contribution < -0.4 is 0 Å². The van der Waals surface area contributed by atoms with E-state index in [0.717, 1.165) is 11.8 Å². The highest BCUT2D eigenvalue weighted by Crippen LogP contribution is 2.48. The van der Waals surface area contributed by atoms with E-state index in [2.05, 4.69) is 43.3 Å². The predicted octanol–water partition coefficient (Wildman–Crippen LogP) is 4.28. The van der Waals surface area contributed by atoms with Gasteiger partial charge in [0.1, 0.15) is 6.29 Å². The lowest BCUT2D eigenvalue weighted by atomic mass is 9.60. The van der Waals surface area contributed by atoms with Gasteiger partial charge in [-0.05, 0) is 30.9 Å². The zero-order valence-corrected chi connectivity index (χ0v) is 11.2. The molecule has 96 valence electrons. The summed E-state index contributed by atoms with van der Waals surface area (Å²) in [6.45, 7) is 2.12. The first kappa shape index (κ1) is 12.2. The van der Waals surface area contributed by atoms with Gasteiger partial charge in [-0.2, -0.15) is 0 Å². The van der Waals surface area contributed by atoms with Gasteiger partial charge >= 0.3 is 0 Å². The fourth-order valence-corrected chi connectivity index (χ4v) is 3.03. The molecule has 0 aliphatic heterocycles. The third-order valence-electron chi connectivity index (χ3n) is 4.41. The molecule has 1 nitrogen and oxygen atoms in total. The van der Waals surface area contributed by atoms with Crippen molar-refractivity contribution in [1.82, 2.24) is 0 Å². The van der Waals surface area contributed by atoms with Crippen LogP contribution in [0.1, 0.15) is 46.3 Å². The van der Waals surface area contributed by atoms with Crippen LogP contribution in [0.25, 0.3) is 0 Å². The van der Waals surface area contributed by atoms with Crippen molar-refractivity contribution in [3.05, 3.63) is 70.8 Å². The van der Waals surface area contributed by atoms with E-state index in [-0.39, 0.29) is 5.41 Å². The molecular weight excluding hydrogens is 232 g/mol. The third kappa shape index (κ3) is 1.99. The summed E-state index contributed by atoms with van der Waals surface area (Å²) >= 11 is 0. The van der Waals surface area contributed by atoms with Crippen LogP contribution in [0.5, 0.6) is 0 Å². The fraction of sp³-hybridized carbons (Fsp3) is 0.278. The Hall–Kier alpha value is -1.89. The molecule has 0 amide bonds. The van der Waals surface area contributed by atoms with Crippen LogP contribution >= 0.6 is 0 Å². The Kier molecular flexibility index (Phi) is 2.98. The summed E-state index contributed by atoms with van der Waals surface area (Å²) in [5.41, 5.74) is 4.97. The second-order valence-corrected chi connectivity index (χ2v) is 5.54. The van der Waals surface area contributed by atoms with Gasteiger partial charge < -0.3 is 0 Å². The predicted molar refractivity (Wildman–Crippen MR) is 77.6 cm³/mol. The SMILES string of the molecule is Cc1ccc(C2(c3ccc(C=O)cc3)CCC2)cc1. The molecule has 2 aromatic rings. The molecule has 0 atom stereocenters. The van der Waals surface area contributed by atoms with Crippen molar-refractivity contribution in [3.8, 4) is 0 Å². The second-order valence-electron chi connectivity index (χ2n) is 5.54. The average Bonchev–Trinajstić information content (AvgIpc) is 2.40. The minimum absolute atomic E-state index is 0.176. The maximum absolute atomic E-state index is 10.8. The molecule has 1 aliphatic rings. The molecule has 0 radical (unpaired) electrons. The van der Waals surface area contributed by atoms with E-state index in [1.54, 1.807) is 0 Å². The molecule has 0 unspecified atom stereocenters. The van der Waals surface area contributed by atoms with Crippen LogP contribution in [-0.4, -0.2) is 6.29 Å². The van der Waals surface area contributed by atoms with E-state index in [9.17, 15) is 4.79 Å². The molecule has 3 rings (SSSR count). The highest BCUT2D eigenvalue weighted by atomic mass is 16.1. The molecule has 0 aromatic heterocycles. The van der Waals surface area contributed by atoms with Gasteiger partial charge in [0.15, 0.2) is 0 Å². The zero-order valence-electron chi connectivity index (χ0n) is 11.2. The number of aldehydes is 1. The van der Waals surface area contributed by atoms with Crippen LogP contribution in [0.15, 0.2) is 48.5 Å². The molecule has 0 bridgehead atoms. The summed E-state index contributed by atoms with van der Waals surface area (Å²) in [7, 11) is 0. The van der Waals surface area contributed by atoms with Gasteiger partial charge in [-0.15, -0.1) is 0 Å². The first-order chi connectivity index (χ1) is 9.24. The van der Waals surface area contributed by atoms with Gasteiger partial charge in [-0.1, -0.05) is 60.5 Å². The summed E-state index contributed by atoms with van der Waals surface area (Å²) < 4.78 is 0. The monoisotopic (exact) mass is 250 g/mol. The number of benzene rings is 2. The molecule has 1 fully saturated rings. The Bertz CT molecular complexity index is 574. The highest BCUT2D eigenvalue weighted by Gasteiger charge is 2.39. The Morgan fingerprint density at radius 1 is 0.895 bits per heavy atom. The standard InChI is InChI=1S/C18H18O/c1-14-3-7-16(8-4-14)18(11-2-12-18)17-9-5-15(13-19)6-10-17/h3-10,13H,2,11-12H2,1H3. The Labute approximate surface area is 114 Å². The van der Waals surface area contributed by atoms with E-state index in [1.807, 2.05) is 12.1 Å². The van der Waals surface area contributed by atoms with Crippen LogP contribution in [0.2, 0.25) is 0 Å². The summed E-state index contributed by atoms with van der Waals surface area (Å²) in [5.74, 6) is 0. The number of carbonyl (C=O) groups is 1. The zero-order chi connectivity index (χ0) is 13.3. The van der Waals surface area contributed by atoms with Crippen molar-refractivity contribution >= 4 is 6.29 Å². The summed E-state index contributed by atoms with van der Waals surface area (Å²) in [4.78, 5) is 10.8. The minimum Gasteiger partial charge on any atom is -0.298 e. The third-order valence-corrected chi connectivity index (χ3v) is 4.41. The first-order valence-corrected chi connectivity index (χ1v) is 6.87. The number of carbonyl (C=O) groups excluding carboxylic acids is 1. The second kappa shape index (κ2) is 4.65. The van der Waals surface area contributed by atoms with Crippen LogP contribution in [0.3, 0.4) is 0 Å².